The van der Waals surface area contributed by atoms with Gasteiger partial charge in [-0.1, -0.05) is 0 Å². The van der Waals surface area contributed by atoms with Crippen LogP contribution in [0.1, 0.15) is 13.8 Å². The summed E-state index contributed by atoms with van der Waals surface area (Å²) in [6.07, 6.45) is 0. The van der Waals surface area contributed by atoms with Gasteiger partial charge < -0.3 is 14.7 Å². The van der Waals surface area contributed by atoms with Crippen LogP contribution in [0.25, 0.3) is 0 Å². The van der Waals surface area contributed by atoms with E-state index in [2.05, 4.69) is 4.98 Å². The fourth-order valence-corrected chi connectivity index (χ4v) is 2.47. The number of rotatable bonds is 3. The van der Waals surface area contributed by atoms with Crippen LogP contribution in [0.5, 0.6) is 0 Å². The summed E-state index contributed by atoms with van der Waals surface area (Å²) >= 11 is 0. The number of fused-ring (bicyclic) bond motifs is 1. The Morgan fingerprint density at radius 1 is 1.05 bits per heavy atom. The van der Waals surface area contributed by atoms with Crippen molar-refractivity contribution in [3.63, 3.8) is 0 Å². The molecule has 6 heteroatoms. The molecule has 0 aromatic carbocycles. The highest BCUT2D eigenvalue weighted by Gasteiger charge is 2.30. The van der Waals surface area contributed by atoms with Gasteiger partial charge in [0.2, 0.25) is 5.82 Å². The molecule has 0 bridgehead atoms. The lowest BCUT2D eigenvalue weighted by atomic mass is 10.2. The summed E-state index contributed by atoms with van der Waals surface area (Å²) in [4.78, 5) is 9.47. The van der Waals surface area contributed by atoms with Gasteiger partial charge in [0.05, 0.1) is 0 Å². The maximum atomic E-state index is 14.0. The van der Waals surface area contributed by atoms with E-state index in [1.54, 1.807) is 11.9 Å². The molecule has 0 amide bonds. The van der Waals surface area contributed by atoms with Crippen LogP contribution in [0.2, 0.25) is 0 Å². The number of pyridine rings is 1. The maximum Gasteiger partial charge on any atom is 0.253 e. The van der Waals surface area contributed by atoms with Crippen LogP contribution in [0, 0.1) is 11.8 Å². The van der Waals surface area contributed by atoms with Gasteiger partial charge >= 0.3 is 0 Å². The first-order chi connectivity index (χ1) is 9.01. The molecule has 2 rings (SSSR count). The number of likely N-dealkylation sites (N-methyl/N-ethyl adjacent to an activating group) is 2. The van der Waals surface area contributed by atoms with E-state index in [-0.39, 0.29) is 0 Å². The summed E-state index contributed by atoms with van der Waals surface area (Å²) < 4.78 is 27.8. The number of anilines is 3. The second kappa shape index (κ2) is 5.19. The standard InChI is InChI=1S/C13H20F2N4/c1-5-19(6-2)13-11-10(9(14)12(15)16-13)17(3)7-8-18(11)4/h5-8H2,1-4H3. The highest BCUT2D eigenvalue weighted by atomic mass is 19.2. The topological polar surface area (TPSA) is 22.6 Å². The van der Waals surface area contributed by atoms with Crippen molar-refractivity contribution in [1.82, 2.24) is 4.98 Å². The Labute approximate surface area is 112 Å². The Morgan fingerprint density at radius 3 is 2.11 bits per heavy atom. The van der Waals surface area contributed by atoms with Crippen LogP contribution >= 0.6 is 0 Å². The predicted molar refractivity (Wildman–Crippen MR) is 74.3 cm³/mol. The van der Waals surface area contributed by atoms with Crippen molar-refractivity contribution in [2.24, 2.45) is 0 Å². The van der Waals surface area contributed by atoms with Crippen LogP contribution in [-0.2, 0) is 0 Å². The smallest absolute Gasteiger partial charge is 0.253 e. The molecule has 1 aromatic heterocycles. The Hall–Kier alpha value is -1.59. The van der Waals surface area contributed by atoms with E-state index >= 15 is 0 Å². The van der Waals surface area contributed by atoms with Gasteiger partial charge in [-0.15, -0.1) is 0 Å². The zero-order valence-corrected chi connectivity index (χ0v) is 11.9. The van der Waals surface area contributed by atoms with E-state index in [1.165, 1.54) is 0 Å². The maximum absolute atomic E-state index is 14.0. The molecule has 1 aromatic rings. The summed E-state index contributed by atoms with van der Waals surface area (Å²) in [5.41, 5.74) is 0.986. The fourth-order valence-electron chi connectivity index (χ4n) is 2.47. The molecular weight excluding hydrogens is 250 g/mol. The number of hydrogen-bond donors (Lipinski definition) is 0. The third kappa shape index (κ3) is 2.19. The average molecular weight is 270 g/mol. The first kappa shape index (κ1) is 13.8. The summed E-state index contributed by atoms with van der Waals surface area (Å²) in [5.74, 6) is -1.37. The summed E-state index contributed by atoms with van der Waals surface area (Å²) in [6.45, 7) is 6.81. The first-order valence-electron chi connectivity index (χ1n) is 6.57. The lowest BCUT2D eigenvalue weighted by Gasteiger charge is -2.37. The molecule has 0 fully saturated rings. The third-order valence-electron chi connectivity index (χ3n) is 3.63. The second-order valence-corrected chi connectivity index (χ2v) is 4.75. The Kier molecular flexibility index (Phi) is 3.78. The van der Waals surface area contributed by atoms with Gasteiger partial charge in [0, 0.05) is 40.3 Å². The molecule has 0 radical (unpaired) electrons. The van der Waals surface area contributed by atoms with Crippen LogP contribution in [0.3, 0.4) is 0 Å². The molecule has 0 spiro atoms. The molecule has 2 heterocycles. The Bertz CT molecular complexity index is 474. The Morgan fingerprint density at radius 2 is 1.58 bits per heavy atom. The minimum absolute atomic E-state index is 0.308. The summed E-state index contributed by atoms with van der Waals surface area (Å²) in [7, 11) is 3.66. The lowest BCUT2D eigenvalue weighted by Crippen LogP contribution is -2.39. The molecule has 0 aliphatic carbocycles. The highest BCUT2D eigenvalue weighted by molar-refractivity contribution is 5.83. The molecule has 0 unspecified atom stereocenters. The fraction of sp³-hybridized carbons (Fsp3) is 0.615. The molecule has 0 atom stereocenters. The van der Waals surface area contributed by atoms with Gasteiger partial charge in [-0.2, -0.15) is 13.8 Å². The molecular formula is C13H20F2N4. The molecule has 0 saturated heterocycles. The monoisotopic (exact) mass is 270 g/mol. The van der Waals surface area contributed by atoms with E-state index in [0.717, 1.165) is 6.54 Å². The van der Waals surface area contributed by atoms with E-state index in [1.807, 2.05) is 30.7 Å². The van der Waals surface area contributed by atoms with Crippen molar-refractivity contribution in [2.75, 3.05) is 55.0 Å². The number of hydrogen-bond acceptors (Lipinski definition) is 4. The first-order valence-corrected chi connectivity index (χ1v) is 6.57. The molecule has 1 aliphatic heterocycles. The highest BCUT2D eigenvalue weighted by Crippen LogP contribution is 2.41. The predicted octanol–water partition coefficient (Wildman–Crippen LogP) is 2.09. The minimum atomic E-state index is -1.03. The SMILES string of the molecule is CCN(CC)c1nc(F)c(F)c2c1N(C)CCN2C. The van der Waals surface area contributed by atoms with Crippen LogP contribution in [0.4, 0.5) is 26.0 Å². The van der Waals surface area contributed by atoms with Crippen LogP contribution in [-0.4, -0.2) is 45.3 Å². The molecule has 0 saturated carbocycles. The van der Waals surface area contributed by atoms with Crippen molar-refractivity contribution < 1.29 is 8.78 Å². The van der Waals surface area contributed by atoms with Crippen molar-refractivity contribution >= 4 is 17.2 Å². The normalized spacial score (nSPS) is 14.6. The van der Waals surface area contributed by atoms with Crippen molar-refractivity contribution in [3.8, 4) is 0 Å². The van der Waals surface area contributed by atoms with E-state index in [4.69, 9.17) is 0 Å². The van der Waals surface area contributed by atoms with E-state index in [9.17, 15) is 8.78 Å². The summed E-state index contributed by atoms with van der Waals surface area (Å²) in [6, 6.07) is 0. The molecule has 0 N–H and O–H groups in total. The molecule has 1 aliphatic rings. The lowest BCUT2D eigenvalue weighted by molar-refractivity contribution is 0.476. The number of nitrogens with zero attached hydrogens (tertiary/aromatic N) is 4. The van der Waals surface area contributed by atoms with Crippen LogP contribution in [0.15, 0.2) is 0 Å². The Balaban J connectivity index is 2.68. The quantitative estimate of drug-likeness (QED) is 0.784. The largest absolute Gasteiger partial charge is 0.369 e. The van der Waals surface area contributed by atoms with Crippen molar-refractivity contribution in [2.45, 2.75) is 13.8 Å². The van der Waals surface area contributed by atoms with Gasteiger partial charge in [-0.25, -0.2) is 0 Å². The zero-order valence-electron chi connectivity index (χ0n) is 11.9. The second-order valence-electron chi connectivity index (χ2n) is 4.75. The third-order valence-corrected chi connectivity index (χ3v) is 3.63. The van der Waals surface area contributed by atoms with Gasteiger partial charge in [0.25, 0.3) is 5.95 Å². The van der Waals surface area contributed by atoms with Crippen molar-refractivity contribution in [1.29, 1.82) is 0 Å². The minimum Gasteiger partial charge on any atom is -0.369 e. The number of halogens is 2. The molecule has 4 nitrogen and oxygen atoms in total. The van der Waals surface area contributed by atoms with E-state index in [0.29, 0.717) is 36.8 Å². The van der Waals surface area contributed by atoms with Gasteiger partial charge in [-0.3, -0.25) is 0 Å². The number of aromatic nitrogens is 1. The van der Waals surface area contributed by atoms with Gasteiger partial charge in [-0.05, 0) is 13.8 Å². The molecule has 19 heavy (non-hydrogen) atoms. The van der Waals surface area contributed by atoms with Gasteiger partial charge in [0.15, 0.2) is 5.82 Å². The van der Waals surface area contributed by atoms with Crippen molar-refractivity contribution in [3.05, 3.63) is 11.8 Å². The zero-order chi connectivity index (χ0) is 14.2. The van der Waals surface area contributed by atoms with Gasteiger partial charge in [0.1, 0.15) is 11.4 Å². The van der Waals surface area contributed by atoms with Crippen LogP contribution < -0.4 is 14.7 Å². The summed E-state index contributed by atoms with van der Waals surface area (Å²) in [5, 5.41) is 0. The average Bonchev–Trinajstić information content (AvgIpc) is 2.39. The van der Waals surface area contributed by atoms with E-state index < -0.39 is 11.8 Å². The molecule has 106 valence electrons.